The second-order valence-electron chi connectivity index (χ2n) is 1.22. The average Bonchev–Trinajstić information content (AvgIpc) is 1.81. The zero-order valence-corrected chi connectivity index (χ0v) is 4.89. The van der Waals surface area contributed by atoms with Crippen LogP contribution in [0.1, 0.15) is 6.42 Å². The van der Waals surface area contributed by atoms with Gasteiger partial charge in [0.25, 0.3) is 0 Å². The Bertz CT molecular complexity index is 77.0. The van der Waals surface area contributed by atoms with Gasteiger partial charge >= 0.3 is 0 Å². The third kappa shape index (κ3) is 5.41. The van der Waals surface area contributed by atoms with Gasteiger partial charge in [0.1, 0.15) is 6.79 Å². The van der Waals surface area contributed by atoms with Crippen LogP contribution in [0.4, 0.5) is 0 Å². The molecule has 3 heteroatoms. The van der Waals surface area contributed by atoms with E-state index in [1.807, 2.05) is 6.07 Å². The first-order chi connectivity index (χ1) is 3.91. The molecular weight excluding hydrogens is 106 g/mol. The van der Waals surface area contributed by atoms with Gasteiger partial charge in [-0.2, -0.15) is 5.26 Å². The van der Waals surface area contributed by atoms with Crippen molar-refractivity contribution in [1.82, 2.24) is 0 Å². The Hall–Kier alpha value is -0.590. The number of methoxy groups -OCH3 is 1. The lowest BCUT2D eigenvalue weighted by atomic mass is 10.5. The lowest BCUT2D eigenvalue weighted by molar-refractivity contribution is -0.0282. The van der Waals surface area contributed by atoms with Crippen molar-refractivity contribution in [2.45, 2.75) is 6.42 Å². The van der Waals surface area contributed by atoms with E-state index in [4.69, 9.17) is 10.00 Å². The van der Waals surface area contributed by atoms with Crippen LogP contribution in [0, 0.1) is 11.3 Å². The molecule has 0 bridgehead atoms. The maximum Gasteiger partial charge on any atom is 0.146 e. The van der Waals surface area contributed by atoms with E-state index in [0.717, 1.165) is 0 Å². The molecule has 0 aromatic heterocycles. The Morgan fingerprint density at radius 3 is 2.88 bits per heavy atom. The number of rotatable bonds is 4. The highest BCUT2D eigenvalue weighted by atomic mass is 16.7. The van der Waals surface area contributed by atoms with Crippen LogP contribution in [-0.4, -0.2) is 20.5 Å². The molecule has 8 heavy (non-hydrogen) atoms. The molecule has 0 saturated heterocycles. The van der Waals surface area contributed by atoms with Crippen LogP contribution in [-0.2, 0) is 9.47 Å². The van der Waals surface area contributed by atoms with Crippen molar-refractivity contribution < 1.29 is 9.47 Å². The summed E-state index contributed by atoms with van der Waals surface area (Å²) in [6.45, 7) is 0.742. The Balaban J connectivity index is 2.65. The van der Waals surface area contributed by atoms with E-state index < -0.39 is 0 Å². The minimum atomic E-state index is 0.279. The van der Waals surface area contributed by atoms with Gasteiger partial charge in [-0.3, -0.25) is 0 Å². The third-order valence-corrected chi connectivity index (χ3v) is 0.559. The van der Waals surface area contributed by atoms with Gasteiger partial charge in [0, 0.05) is 7.11 Å². The zero-order chi connectivity index (χ0) is 6.24. The molecule has 3 nitrogen and oxygen atoms in total. The molecule has 0 spiro atoms. The highest BCUT2D eigenvalue weighted by Crippen LogP contribution is 1.78. The predicted molar refractivity (Wildman–Crippen MR) is 28.1 cm³/mol. The van der Waals surface area contributed by atoms with Gasteiger partial charge in [-0.1, -0.05) is 0 Å². The van der Waals surface area contributed by atoms with E-state index in [-0.39, 0.29) is 6.79 Å². The van der Waals surface area contributed by atoms with E-state index >= 15 is 0 Å². The van der Waals surface area contributed by atoms with Crippen molar-refractivity contribution in [2.75, 3.05) is 20.5 Å². The smallest absolute Gasteiger partial charge is 0.146 e. The van der Waals surface area contributed by atoms with Crippen molar-refractivity contribution in [3.8, 4) is 6.07 Å². The Morgan fingerprint density at radius 2 is 2.38 bits per heavy atom. The molecule has 0 aromatic carbocycles. The quantitative estimate of drug-likeness (QED) is 0.396. The molecule has 0 aliphatic heterocycles. The number of hydrogen-bond donors (Lipinski definition) is 0. The molecule has 0 atom stereocenters. The molecule has 0 aliphatic rings. The lowest BCUT2D eigenvalue weighted by Crippen LogP contribution is -1.96. The molecule has 0 unspecified atom stereocenters. The van der Waals surface area contributed by atoms with Crippen LogP contribution in [0.15, 0.2) is 0 Å². The summed E-state index contributed by atoms with van der Waals surface area (Å²) in [4.78, 5) is 0. The van der Waals surface area contributed by atoms with Gasteiger partial charge < -0.3 is 9.47 Å². The lowest BCUT2D eigenvalue weighted by Gasteiger charge is -1.95. The average molecular weight is 115 g/mol. The standard InChI is InChI=1S/C5H9NO2/c1-7-5-8-4-2-3-6/h2,4-5H2,1H3. The van der Waals surface area contributed by atoms with Crippen LogP contribution in [0.3, 0.4) is 0 Å². The molecule has 0 N–H and O–H groups in total. The minimum Gasteiger partial charge on any atom is -0.359 e. The molecule has 0 aromatic rings. The van der Waals surface area contributed by atoms with Gasteiger partial charge in [0.2, 0.25) is 0 Å². The second-order valence-corrected chi connectivity index (χ2v) is 1.22. The molecule has 0 aliphatic carbocycles. The van der Waals surface area contributed by atoms with Crippen LogP contribution in [0.5, 0.6) is 0 Å². The van der Waals surface area contributed by atoms with E-state index in [1.165, 1.54) is 0 Å². The first-order valence-electron chi connectivity index (χ1n) is 2.35. The van der Waals surface area contributed by atoms with E-state index in [2.05, 4.69) is 4.74 Å². The highest BCUT2D eigenvalue weighted by Gasteiger charge is 1.81. The van der Waals surface area contributed by atoms with Gasteiger partial charge in [0.15, 0.2) is 0 Å². The normalized spacial score (nSPS) is 8.50. The fourth-order valence-corrected chi connectivity index (χ4v) is 0.260. The number of nitriles is 1. The van der Waals surface area contributed by atoms with Gasteiger partial charge in [0.05, 0.1) is 19.1 Å². The first-order valence-corrected chi connectivity index (χ1v) is 2.35. The topological polar surface area (TPSA) is 42.2 Å². The molecule has 0 saturated carbocycles. The first kappa shape index (κ1) is 7.41. The molecule has 0 heterocycles. The van der Waals surface area contributed by atoms with E-state index in [9.17, 15) is 0 Å². The van der Waals surface area contributed by atoms with Crippen molar-refractivity contribution in [2.24, 2.45) is 0 Å². The van der Waals surface area contributed by atoms with Crippen LogP contribution < -0.4 is 0 Å². The summed E-state index contributed by atoms with van der Waals surface area (Å²) < 4.78 is 9.34. The van der Waals surface area contributed by atoms with Crippen molar-refractivity contribution in [3.63, 3.8) is 0 Å². The largest absolute Gasteiger partial charge is 0.359 e. The second kappa shape index (κ2) is 6.41. The summed E-state index contributed by atoms with van der Waals surface area (Å²) in [5.74, 6) is 0. The highest BCUT2D eigenvalue weighted by molar-refractivity contribution is 4.66. The summed E-state index contributed by atoms with van der Waals surface area (Å²) in [6, 6.07) is 1.95. The fraction of sp³-hybridized carbons (Fsp3) is 0.800. The Kier molecular flexibility index (Phi) is 5.94. The molecule has 46 valence electrons. The fourth-order valence-electron chi connectivity index (χ4n) is 0.260. The van der Waals surface area contributed by atoms with Gasteiger partial charge in [-0.15, -0.1) is 0 Å². The number of nitrogens with zero attached hydrogens (tertiary/aromatic N) is 1. The summed E-state index contributed by atoms with van der Waals surface area (Å²) in [5.41, 5.74) is 0. The molecule has 0 rings (SSSR count). The van der Waals surface area contributed by atoms with Gasteiger partial charge in [-0.05, 0) is 0 Å². The summed E-state index contributed by atoms with van der Waals surface area (Å²) in [5, 5.41) is 7.99. The summed E-state index contributed by atoms with van der Waals surface area (Å²) in [6.07, 6.45) is 0.434. The van der Waals surface area contributed by atoms with E-state index in [0.29, 0.717) is 13.0 Å². The summed E-state index contributed by atoms with van der Waals surface area (Å²) in [7, 11) is 1.55. The minimum absolute atomic E-state index is 0.279. The molecule has 0 radical (unpaired) electrons. The van der Waals surface area contributed by atoms with E-state index in [1.54, 1.807) is 7.11 Å². The number of ether oxygens (including phenoxy) is 2. The van der Waals surface area contributed by atoms with Crippen LogP contribution in [0.25, 0.3) is 0 Å². The predicted octanol–water partition coefficient (Wildman–Crippen LogP) is 0.521. The monoisotopic (exact) mass is 115 g/mol. The SMILES string of the molecule is COCOCCC#N. The van der Waals surface area contributed by atoms with Gasteiger partial charge in [-0.25, -0.2) is 0 Å². The Morgan fingerprint density at radius 1 is 1.62 bits per heavy atom. The van der Waals surface area contributed by atoms with Crippen LogP contribution in [0.2, 0.25) is 0 Å². The molecule has 0 amide bonds. The van der Waals surface area contributed by atoms with Crippen molar-refractivity contribution >= 4 is 0 Å². The molecular formula is C5H9NO2. The number of hydrogen-bond acceptors (Lipinski definition) is 3. The van der Waals surface area contributed by atoms with Crippen molar-refractivity contribution in [1.29, 1.82) is 5.26 Å². The zero-order valence-electron chi connectivity index (χ0n) is 4.89. The van der Waals surface area contributed by atoms with Crippen molar-refractivity contribution in [3.05, 3.63) is 0 Å². The molecule has 0 fully saturated rings. The summed E-state index contributed by atoms with van der Waals surface area (Å²) >= 11 is 0. The third-order valence-electron chi connectivity index (χ3n) is 0.559. The maximum atomic E-state index is 7.99. The Labute approximate surface area is 48.8 Å². The van der Waals surface area contributed by atoms with Crippen LogP contribution >= 0.6 is 0 Å². The maximum absolute atomic E-state index is 7.99.